The first kappa shape index (κ1) is 16.6. The van der Waals surface area contributed by atoms with Gasteiger partial charge in [0.05, 0.1) is 18.0 Å². The van der Waals surface area contributed by atoms with Gasteiger partial charge in [-0.05, 0) is 25.6 Å². The molecule has 1 rings (SSSR count). The Bertz CT molecular complexity index is 559. The van der Waals surface area contributed by atoms with Crippen LogP contribution in [0.4, 0.5) is 11.4 Å². The first-order valence-corrected chi connectivity index (χ1v) is 6.27. The second kappa shape index (κ2) is 7.34. The van der Waals surface area contributed by atoms with Crippen molar-refractivity contribution in [1.82, 2.24) is 10.2 Å². The summed E-state index contributed by atoms with van der Waals surface area (Å²) >= 11 is 0. The molecule has 21 heavy (non-hydrogen) atoms. The van der Waals surface area contributed by atoms with Crippen LogP contribution >= 0.6 is 0 Å². The van der Waals surface area contributed by atoms with Crippen molar-refractivity contribution in [2.24, 2.45) is 0 Å². The van der Waals surface area contributed by atoms with Crippen LogP contribution in [0, 0.1) is 17.0 Å². The van der Waals surface area contributed by atoms with Crippen molar-refractivity contribution in [2.45, 2.75) is 6.92 Å². The largest absolute Gasteiger partial charge is 0.358 e. The normalized spacial score (nSPS) is 10.3. The van der Waals surface area contributed by atoms with E-state index in [4.69, 9.17) is 0 Å². The minimum Gasteiger partial charge on any atom is -0.358 e. The highest BCUT2D eigenvalue weighted by Gasteiger charge is 2.12. The monoisotopic (exact) mass is 294 g/mol. The van der Waals surface area contributed by atoms with Crippen LogP contribution in [0.3, 0.4) is 0 Å². The van der Waals surface area contributed by atoms with Crippen molar-refractivity contribution in [3.63, 3.8) is 0 Å². The van der Waals surface area contributed by atoms with Crippen LogP contribution in [0.2, 0.25) is 0 Å². The lowest BCUT2D eigenvalue weighted by Crippen LogP contribution is -2.37. The number of hydrogen-bond acceptors (Lipinski definition) is 5. The van der Waals surface area contributed by atoms with Crippen molar-refractivity contribution >= 4 is 23.2 Å². The molecular formula is C13H18N4O4. The van der Waals surface area contributed by atoms with E-state index in [0.717, 1.165) is 0 Å². The number of hydrogen-bond donors (Lipinski definition) is 2. The van der Waals surface area contributed by atoms with Crippen molar-refractivity contribution in [1.29, 1.82) is 0 Å². The number of nitrogens with zero attached hydrogens (tertiary/aromatic N) is 2. The summed E-state index contributed by atoms with van der Waals surface area (Å²) in [6, 6.07) is 4.21. The Labute approximate surface area is 122 Å². The summed E-state index contributed by atoms with van der Waals surface area (Å²) in [7, 11) is 3.17. The predicted molar refractivity (Wildman–Crippen MR) is 78.0 cm³/mol. The van der Waals surface area contributed by atoms with E-state index in [-0.39, 0.29) is 30.6 Å². The van der Waals surface area contributed by atoms with E-state index in [1.807, 2.05) is 0 Å². The third-order valence-electron chi connectivity index (χ3n) is 2.80. The number of nitrogens with one attached hydrogen (secondary N) is 2. The van der Waals surface area contributed by atoms with E-state index >= 15 is 0 Å². The molecule has 114 valence electrons. The zero-order valence-electron chi connectivity index (χ0n) is 12.2. The molecule has 1 aromatic carbocycles. The van der Waals surface area contributed by atoms with Gasteiger partial charge >= 0.3 is 0 Å². The Kier molecular flexibility index (Phi) is 5.79. The van der Waals surface area contributed by atoms with Gasteiger partial charge in [0.15, 0.2) is 0 Å². The van der Waals surface area contributed by atoms with Gasteiger partial charge in [0.2, 0.25) is 11.8 Å². The molecule has 0 spiro atoms. The number of carbonyl (C=O) groups excluding carboxylic acids is 2. The highest BCUT2D eigenvalue weighted by molar-refractivity contribution is 5.93. The van der Waals surface area contributed by atoms with Gasteiger partial charge in [0.25, 0.3) is 5.69 Å². The van der Waals surface area contributed by atoms with Crippen LogP contribution in [0.5, 0.6) is 0 Å². The molecule has 2 N–H and O–H groups in total. The molecule has 1 aromatic rings. The number of nitro groups is 1. The van der Waals surface area contributed by atoms with Crippen molar-refractivity contribution in [3.05, 3.63) is 33.9 Å². The summed E-state index contributed by atoms with van der Waals surface area (Å²) in [5.74, 6) is -0.477. The van der Waals surface area contributed by atoms with Gasteiger partial charge in [-0.2, -0.15) is 0 Å². The molecule has 8 nitrogen and oxygen atoms in total. The van der Waals surface area contributed by atoms with E-state index in [1.165, 1.54) is 25.2 Å². The number of rotatable bonds is 6. The number of carbonyl (C=O) groups is 2. The van der Waals surface area contributed by atoms with Crippen LogP contribution in [0.1, 0.15) is 5.56 Å². The Hall–Kier alpha value is -2.48. The van der Waals surface area contributed by atoms with Crippen molar-refractivity contribution in [2.75, 3.05) is 32.5 Å². The Morgan fingerprint density at radius 3 is 2.43 bits per heavy atom. The molecule has 0 atom stereocenters. The third kappa shape index (κ3) is 5.19. The molecule has 0 aliphatic heterocycles. The highest BCUT2D eigenvalue weighted by atomic mass is 16.6. The number of non-ortho nitro benzene ring substituents is 1. The lowest BCUT2D eigenvalue weighted by molar-refractivity contribution is -0.384. The fourth-order valence-corrected chi connectivity index (χ4v) is 1.72. The molecule has 0 radical (unpaired) electrons. The van der Waals surface area contributed by atoms with Crippen LogP contribution in [0.25, 0.3) is 0 Å². The molecular weight excluding hydrogens is 276 g/mol. The second-order valence-electron chi connectivity index (χ2n) is 4.65. The van der Waals surface area contributed by atoms with E-state index in [1.54, 1.807) is 18.9 Å². The van der Waals surface area contributed by atoms with Crippen LogP contribution in [0.15, 0.2) is 18.2 Å². The zero-order valence-corrected chi connectivity index (χ0v) is 12.2. The molecule has 0 bridgehead atoms. The van der Waals surface area contributed by atoms with Gasteiger partial charge in [-0.15, -0.1) is 0 Å². The van der Waals surface area contributed by atoms with Crippen LogP contribution in [-0.2, 0) is 9.59 Å². The summed E-state index contributed by atoms with van der Waals surface area (Å²) in [5.41, 5.74) is 1.09. The number of nitro benzene ring substituents is 1. The zero-order chi connectivity index (χ0) is 16.0. The summed E-state index contributed by atoms with van der Waals surface area (Å²) in [5, 5.41) is 15.8. The van der Waals surface area contributed by atoms with E-state index in [9.17, 15) is 19.7 Å². The number of likely N-dealkylation sites (N-methyl/N-ethyl adjacent to an activating group) is 2. The fraction of sp³-hybridized carbons (Fsp3) is 0.385. The maximum Gasteiger partial charge on any atom is 0.269 e. The molecule has 0 fully saturated rings. The van der Waals surface area contributed by atoms with Gasteiger partial charge in [0, 0.05) is 24.9 Å². The summed E-state index contributed by atoms with van der Waals surface area (Å²) in [4.78, 5) is 34.7. The minimum absolute atomic E-state index is 0.0257. The molecule has 8 heteroatoms. The standard InChI is InChI=1S/C13H18N4O4/c1-9-6-10(17(20)21)4-5-11(9)15-13(19)8-16(3)7-12(18)14-2/h4-6H,7-8H2,1-3H3,(H,14,18)(H,15,19). The quantitative estimate of drug-likeness (QED) is 0.588. The molecule has 2 amide bonds. The van der Waals surface area contributed by atoms with Gasteiger partial charge in [-0.3, -0.25) is 24.6 Å². The molecule has 0 unspecified atom stereocenters. The average Bonchev–Trinajstić information content (AvgIpc) is 2.40. The summed E-state index contributed by atoms with van der Waals surface area (Å²) in [6.45, 7) is 1.84. The molecule has 0 aromatic heterocycles. The minimum atomic E-state index is -0.490. The predicted octanol–water partition coefficient (Wildman–Crippen LogP) is 0.520. The molecule has 0 aliphatic rings. The lowest BCUT2D eigenvalue weighted by atomic mass is 10.2. The molecule has 0 saturated carbocycles. The highest BCUT2D eigenvalue weighted by Crippen LogP contribution is 2.20. The molecule has 0 aliphatic carbocycles. The third-order valence-corrected chi connectivity index (χ3v) is 2.80. The fourth-order valence-electron chi connectivity index (χ4n) is 1.72. The average molecular weight is 294 g/mol. The number of benzene rings is 1. The molecule has 0 heterocycles. The van der Waals surface area contributed by atoms with Crippen LogP contribution in [-0.4, -0.2) is 48.8 Å². The smallest absolute Gasteiger partial charge is 0.269 e. The Balaban J connectivity index is 2.63. The topological polar surface area (TPSA) is 105 Å². The Morgan fingerprint density at radius 2 is 1.90 bits per heavy atom. The molecule has 0 saturated heterocycles. The Morgan fingerprint density at radius 1 is 1.29 bits per heavy atom. The maximum atomic E-state index is 11.8. The number of anilines is 1. The van der Waals surface area contributed by atoms with E-state index in [2.05, 4.69) is 10.6 Å². The van der Waals surface area contributed by atoms with Gasteiger partial charge in [-0.25, -0.2) is 0 Å². The lowest BCUT2D eigenvalue weighted by Gasteiger charge is -2.15. The van der Waals surface area contributed by atoms with Crippen LogP contribution < -0.4 is 10.6 Å². The van der Waals surface area contributed by atoms with Gasteiger partial charge in [-0.1, -0.05) is 0 Å². The summed E-state index contributed by atoms with van der Waals surface area (Å²) in [6.07, 6.45) is 0. The maximum absolute atomic E-state index is 11.8. The van der Waals surface area contributed by atoms with E-state index < -0.39 is 4.92 Å². The van der Waals surface area contributed by atoms with Gasteiger partial charge < -0.3 is 10.6 Å². The summed E-state index contributed by atoms with van der Waals surface area (Å²) < 4.78 is 0. The number of amides is 2. The second-order valence-corrected chi connectivity index (χ2v) is 4.65. The first-order chi connectivity index (χ1) is 9.83. The van der Waals surface area contributed by atoms with Crippen molar-refractivity contribution < 1.29 is 14.5 Å². The van der Waals surface area contributed by atoms with Gasteiger partial charge in [0.1, 0.15) is 0 Å². The first-order valence-electron chi connectivity index (χ1n) is 6.27. The SMILES string of the molecule is CNC(=O)CN(C)CC(=O)Nc1ccc([N+](=O)[O-])cc1C. The van der Waals surface area contributed by atoms with Crippen molar-refractivity contribution in [3.8, 4) is 0 Å². The number of aryl methyl sites for hydroxylation is 1. The van der Waals surface area contributed by atoms with E-state index in [0.29, 0.717) is 11.3 Å².